The lowest BCUT2D eigenvalue weighted by Crippen LogP contribution is -2.38. The first kappa shape index (κ1) is 13.1. The Hall–Kier alpha value is -0.370. The highest BCUT2D eigenvalue weighted by atomic mass is 16.1. The van der Waals surface area contributed by atoms with Gasteiger partial charge in [-0.25, -0.2) is 0 Å². The van der Waals surface area contributed by atoms with Crippen LogP contribution in [0.4, 0.5) is 0 Å². The van der Waals surface area contributed by atoms with Gasteiger partial charge in [-0.1, -0.05) is 26.2 Å². The van der Waals surface area contributed by atoms with Crippen LogP contribution in [0, 0.1) is 5.92 Å². The van der Waals surface area contributed by atoms with Gasteiger partial charge in [0.15, 0.2) is 0 Å². The molecule has 98 valence electrons. The molecule has 0 saturated carbocycles. The molecule has 2 saturated heterocycles. The molecule has 2 bridgehead atoms. The Morgan fingerprint density at radius 1 is 1.12 bits per heavy atom. The molecule has 17 heavy (non-hydrogen) atoms. The number of nitrogens with one attached hydrogen (secondary N) is 1. The maximum absolute atomic E-state index is 11.9. The van der Waals surface area contributed by atoms with Crippen molar-refractivity contribution in [3.8, 4) is 0 Å². The Kier molecular flexibility index (Phi) is 5.02. The summed E-state index contributed by atoms with van der Waals surface area (Å²) in [7, 11) is 0. The predicted molar refractivity (Wildman–Crippen MR) is 71.1 cm³/mol. The number of hydrogen-bond acceptors (Lipinski definition) is 2. The Balaban J connectivity index is 1.61. The normalized spacial score (nSPS) is 31.7. The van der Waals surface area contributed by atoms with Crippen LogP contribution < -0.4 is 5.32 Å². The van der Waals surface area contributed by atoms with Gasteiger partial charge in [-0.15, -0.1) is 0 Å². The lowest BCUT2D eigenvalue weighted by Gasteiger charge is -2.28. The molecular weight excluding hydrogens is 210 g/mol. The SMILES string of the molecule is CCCCCCC(=O)CC1CC2CCC(C1)N2. The maximum Gasteiger partial charge on any atom is 0.133 e. The van der Waals surface area contributed by atoms with Gasteiger partial charge in [0.05, 0.1) is 0 Å². The molecule has 2 aliphatic heterocycles. The summed E-state index contributed by atoms with van der Waals surface area (Å²) >= 11 is 0. The topological polar surface area (TPSA) is 29.1 Å². The molecule has 2 fully saturated rings. The van der Waals surface area contributed by atoms with Crippen molar-refractivity contribution in [3.05, 3.63) is 0 Å². The van der Waals surface area contributed by atoms with E-state index in [9.17, 15) is 4.79 Å². The first-order valence-corrected chi connectivity index (χ1v) is 7.55. The molecule has 2 unspecified atom stereocenters. The van der Waals surface area contributed by atoms with Gasteiger partial charge in [-0.2, -0.15) is 0 Å². The second kappa shape index (κ2) is 6.53. The van der Waals surface area contributed by atoms with Crippen molar-refractivity contribution in [2.45, 2.75) is 83.2 Å². The van der Waals surface area contributed by atoms with E-state index in [1.165, 1.54) is 44.9 Å². The molecule has 0 amide bonds. The number of carbonyl (C=O) groups is 1. The van der Waals surface area contributed by atoms with Crippen molar-refractivity contribution >= 4 is 5.78 Å². The van der Waals surface area contributed by atoms with Crippen LogP contribution in [0.1, 0.15) is 71.1 Å². The zero-order valence-corrected chi connectivity index (χ0v) is 11.2. The molecule has 2 heterocycles. The minimum Gasteiger partial charge on any atom is -0.311 e. The van der Waals surface area contributed by atoms with Crippen LogP contribution in [0.15, 0.2) is 0 Å². The summed E-state index contributed by atoms with van der Waals surface area (Å²) in [5.41, 5.74) is 0. The van der Waals surface area contributed by atoms with Gasteiger partial charge in [-0.3, -0.25) is 4.79 Å². The van der Waals surface area contributed by atoms with E-state index in [2.05, 4.69) is 12.2 Å². The monoisotopic (exact) mass is 237 g/mol. The second-order valence-corrected chi connectivity index (χ2v) is 6.03. The molecule has 2 rings (SSSR count). The summed E-state index contributed by atoms with van der Waals surface area (Å²) in [5.74, 6) is 1.21. The van der Waals surface area contributed by atoms with E-state index in [1.54, 1.807) is 0 Å². The van der Waals surface area contributed by atoms with Crippen LogP contribution in [0.2, 0.25) is 0 Å². The summed E-state index contributed by atoms with van der Waals surface area (Å²) in [6.45, 7) is 2.21. The van der Waals surface area contributed by atoms with E-state index in [4.69, 9.17) is 0 Å². The largest absolute Gasteiger partial charge is 0.311 e. The van der Waals surface area contributed by atoms with Crippen molar-refractivity contribution in [1.29, 1.82) is 0 Å². The molecule has 2 nitrogen and oxygen atoms in total. The molecule has 2 aliphatic rings. The average molecular weight is 237 g/mol. The molecule has 2 heteroatoms. The van der Waals surface area contributed by atoms with Gasteiger partial charge in [0.1, 0.15) is 5.78 Å². The Morgan fingerprint density at radius 2 is 1.82 bits per heavy atom. The van der Waals surface area contributed by atoms with Crippen molar-refractivity contribution in [2.24, 2.45) is 5.92 Å². The number of ketones is 1. The quantitative estimate of drug-likeness (QED) is 0.687. The second-order valence-electron chi connectivity index (χ2n) is 6.03. The average Bonchev–Trinajstić information content (AvgIpc) is 2.64. The van der Waals surface area contributed by atoms with Crippen molar-refractivity contribution in [1.82, 2.24) is 5.32 Å². The van der Waals surface area contributed by atoms with Gasteiger partial charge >= 0.3 is 0 Å². The van der Waals surface area contributed by atoms with Crippen molar-refractivity contribution < 1.29 is 4.79 Å². The van der Waals surface area contributed by atoms with Crippen LogP contribution in [0.3, 0.4) is 0 Å². The standard InChI is InChI=1S/C15H27NO/c1-2-3-4-5-6-15(17)11-12-9-13-7-8-14(10-12)16-13/h12-14,16H,2-11H2,1H3. The van der Waals surface area contributed by atoms with E-state index in [-0.39, 0.29) is 0 Å². The van der Waals surface area contributed by atoms with E-state index in [1.807, 2.05) is 0 Å². The zero-order valence-electron chi connectivity index (χ0n) is 11.2. The van der Waals surface area contributed by atoms with Gasteiger partial charge in [0.2, 0.25) is 0 Å². The lowest BCUT2D eigenvalue weighted by atomic mass is 9.87. The summed E-state index contributed by atoms with van der Waals surface area (Å²) in [6.07, 6.45) is 11.8. The minimum atomic E-state index is 0.521. The Bertz CT molecular complexity index is 239. The number of carbonyl (C=O) groups excluding carboxylic acids is 1. The van der Waals surface area contributed by atoms with Crippen molar-refractivity contribution in [3.63, 3.8) is 0 Å². The van der Waals surface area contributed by atoms with E-state index >= 15 is 0 Å². The molecule has 2 atom stereocenters. The van der Waals surface area contributed by atoms with E-state index in [0.717, 1.165) is 31.3 Å². The van der Waals surface area contributed by atoms with Gasteiger partial charge in [-0.05, 0) is 38.0 Å². The fourth-order valence-electron chi connectivity index (χ4n) is 3.51. The number of hydrogen-bond donors (Lipinski definition) is 1. The fraction of sp³-hybridized carbons (Fsp3) is 0.933. The number of piperidine rings is 1. The van der Waals surface area contributed by atoms with E-state index in [0.29, 0.717) is 11.7 Å². The van der Waals surface area contributed by atoms with Crippen LogP contribution in [0.25, 0.3) is 0 Å². The smallest absolute Gasteiger partial charge is 0.133 e. The maximum atomic E-state index is 11.9. The zero-order chi connectivity index (χ0) is 12.1. The minimum absolute atomic E-state index is 0.521. The molecule has 0 aliphatic carbocycles. The predicted octanol–water partition coefficient (Wildman–Crippen LogP) is 3.45. The van der Waals surface area contributed by atoms with E-state index < -0.39 is 0 Å². The summed E-state index contributed by atoms with van der Waals surface area (Å²) in [5, 5.41) is 3.64. The summed E-state index contributed by atoms with van der Waals surface area (Å²) < 4.78 is 0. The summed E-state index contributed by atoms with van der Waals surface area (Å²) in [4.78, 5) is 11.9. The fourth-order valence-corrected chi connectivity index (χ4v) is 3.51. The lowest BCUT2D eigenvalue weighted by molar-refractivity contribution is -0.120. The first-order chi connectivity index (χ1) is 8.28. The van der Waals surface area contributed by atoms with Gasteiger partial charge < -0.3 is 5.32 Å². The van der Waals surface area contributed by atoms with Crippen LogP contribution in [-0.2, 0) is 4.79 Å². The summed E-state index contributed by atoms with van der Waals surface area (Å²) in [6, 6.07) is 1.46. The highest BCUT2D eigenvalue weighted by Gasteiger charge is 2.33. The first-order valence-electron chi connectivity index (χ1n) is 7.55. The Labute approximate surface area is 106 Å². The molecule has 0 aromatic carbocycles. The van der Waals surface area contributed by atoms with Crippen LogP contribution in [0.5, 0.6) is 0 Å². The molecular formula is C15H27NO. The molecule has 0 radical (unpaired) electrons. The molecule has 0 spiro atoms. The van der Waals surface area contributed by atoms with Crippen LogP contribution in [-0.4, -0.2) is 17.9 Å². The third-order valence-corrected chi connectivity index (χ3v) is 4.40. The number of Topliss-reactive ketones (excluding diaryl/α,β-unsaturated/α-hetero) is 1. The molecule has 0 aromatic rings. The van der Waals surface area contributed by atoms with Crippen LogP contribution >= 0.6 is 0 Å². The third-order valence-electron chi connectivity index (χ3n) is 4.40. The van der Waals surface area contributed by atoms with Crippen molar-refractivity contribution in [2.75, 3.05) is 0 Å². The number of fused-ring (bicyclic) bond motifs is 2. The van der Waals surface area contributed by atoms with Gasteiger partial charge in [0.25, 0.3) is 0 Å². The molecule has 0 aromatic heterocycles. The number of unbranched alkanes of at least 4 members (excludes halogenated alkanes) is 3. The highest BCUT2D eigenvalue weighted by molar-refractivity contribution is 5.78. The van der Waals surface area contributed by atoms with Gasteiger partial charge in [0, 0.05) is 24.9 Å². The molecule has 1 N–H and O–H groups in total. The third kappa shape index (κ3) is 4.09. The highest BCUT2D eigenvalue weighted by Crippen LogP contribution is 2.33. The number of rotatable bonds is 7. The Morgan fingerprint density at radius 3 is 2.47 bits per heavy atom.